The number of ether oxygens (including phenoxy) is 2. The molecule has 1 unspecified atom stereocenters. The zero-order valence-electron chi connectivity index (χ0n) is 20.2. The van der Waals surface area contributed by atoms with Crippen LogP contribution in [0.25, 0.3) is 0 Å². The highest BCUT2D eigenvalue weighted by molar-refractivity contribution is 5.99. The largest absolute Gasteiger partial charge is 0.465 e. The molecule has 8 heteroatoms. The molecule has 0 aliphatic carbocycles. The average molecular weight is 461 g/mol. The lowest BCUT2D eigenvalue weighted by molar-refractivity contribution is -0.162. The van der Waals surface area contributed by atoms with Gasteiger partial charge in [0.1, 0.15) is 17.6 Å². The smallest absolute Gasteiger partial charge is 0.313 e. The molecule has 4 aliphatic heterocycles. The Hall–Kier alpha value is -2.19. The van der Waals surface area contributed by atoms with Gasteiger partial charge in [-0.3, -0.25) is 14.4 Å². The number of aliphatic hydroxyl groups is 1. The summed E-state index contributed by atoms with van der Waals surface area (Å²) in [6.07, 6.45) is 10.0. The summed E-state index contributed by atoms with van der Waals surface area (Å²) >= 11 is 0. The molecule has 33 heavy (non-hydrogen) atoms. The predicted octanol–water partition coefficient (Wildman–Crippen LogP) is 1.82. The van der Waals surface area contributed by atoms with Gasteiger partial charge in [0.05, 0.1) is 30.8 Å². The van der Waals surface area contributed by atoms with E-state index in [1.54, 1.807) is 18.7 Å². The number of hydrogen-bond donors (Lipinski definition) is 1. The molecule has 0 radical (unpaired) electrons. The molecule has 2 amide bonds. The van der Waals surface area contributed by atoms with Crippen molar-refractivity contribution < 1.29 is 29.0 Å². The fourth-order valence-electron chi connectivity index (χ4n) is 5.90. The summed E-state index contributed by atoms with van der Waals surface area (Å²) < 4.78 is 12.3. The first kappa shape index (κ1) is 24.0. The van der Waals surface area contributed by atoms with Gasteiger partial charge in [-0.1, -0.05) is 24.3 Å². The predicted molar refractivity (Wildman–Crippen MR) is 121 cm³/mol. The Balaban J connectivity index is 1.90. The summed E-state index contributed by atoms with van der Waals surface area (Å²) in [7, 11) is 0. The van der Waals surface area contributed by atoms with E-state index >= 15 is 0 Å². The van der Waals surface area contributed by atoms with Crippen LogP contribution in [0.5, 0.6) is 0 Å². The molecule has 182 valence electrons. The lowest BCUT2D eigenvalue weighted by atomic mass is 9.74. The van der Waals surface area contributed by atoms with Crippen LogP contribution in [-0.2, 0) is 23.9 Å². The number of esters is 1. The summed E-state index contributed by atoms with van der Waals surface area (Å²) in [5, 5.41) is 9.95. The van der Waals surface area contributed by atoms with Crippen LogP contribution in [-0.4, -0.2) is 81.3 Å². The lowest BCUT2D eigenvalue weighted by Crippen LogP contribution is -2.60. The monoisotopic (exact) mass is 460 g/mol. The van der Waals surface area contributed by atoms with Crippen molar-refractivity contribution in [2.24, 2.45) is 11.8 Å². The molecule has 6 atom stereocenters. The van der Waals surface area contributed by atoms with Crippen molar-refractivity contribution in [2.75, 3.05) is 19.8 Å². The van der Waals surface area contributed by atoms with Crippen molar-refractivity contribution in [3.8, 4) is 0 Å². The maximum Gasteiger partial charge on any atom is 0.313 e. The van der Waals surface area contributed by atoms with Crippen LogP contribution < -0.4 is 0 Å². The zero-order valence-corrected chi connectivity index (χ0v) is 20.2. The highest BCUT2D eigenvalue weighted by atomic mass is 16.6. The minimum atomic E-state index is -1.32. The van der Waals surface area contributed by atoms with E-state index in [-0.39, 0.29) is 18.4 Å². The molecular weight excluding hydrogens is 424 g/mol. The molecule has 0 bridgehead atoms. The van der Waals surface area contributed by atoms with E-state index in [1.807, 2.05) is 45.1 Å². The number of carbonyl (C=O) groups excluding carboxylic acids is 3. The van der Waals surface area contributed by atoms with Crippen LogP contribution in [0, 0.1) is 11.8 Å². The summed E-state index contributed by atoms with van der Waals surface area (Å²) in [6, 6.07) is -1.59. The van der Waals surface area contributed by atoms with Crippen molar-refractivity contribution in [3.63, 3.8) is 0 Å². The number of aliphatic hydroxyl groups excluding tert-OH is 1. The highest BCUT2D eigenvalue weighted by Crippen LogP contribution is 2.57. The van der Waals surface area contributed by atoms with Crippen LogP contribution in [0.4, 0.5) is 0 Å². The SMILES string of the molecule is C[C@H](CO)N1C(=O)[C@@H]2[C@@H]3C(=O)OCCCC/C=C\[C@]3(C)O[C@@]23C=CCN(C(C)(C)C)C(=O)C13. The average Bonchev–Trinajstić information content (AvgIpc) is 3.07. The third-order valence-corrected chi connectivity index (χ3v) is 7.49. The van der Waals surface area contributed by atoms with E-state index in [0.717, 1.165) is 19.3 Å². The standard InChI is InChI=1S/C25H36N2O6/c1-16(15-28)27-19-21(30)26(23(2,3)4)13-10-12-25(19)17(20(27)29)18-22(31)32-14-9-7-6-8-11-24(18,5)33-25/h8,10-12,16-19,28H,6-7,9,13-15H2,1-5H3/b11-8-/t16-,17+,18-,19?,24+,25+/m1/s1. The summed E-state index contributed by atoms with van der Waals surface area (Å²) in [5.74, 6) is -2.89. The summed E-state index contributed by atoms with van der Waals surface area (Å²) in [5.41, 5.74) is -2.90. The Bertz CT molecular complexity index is 892. The lowest BCUT2D eigenvalue weighted by Gasteiger charge is -2.42. The fourth-order valence-corrected chi connectivity index (χ4v) is 5.90. The number of nitrogens with zero attached hydrogens (tertiary/aromatic N) is 2. The van der Waals surface area contributed by atoms with E-state index in [2.05, 4.69) is 0 Å². The number of rotatable bonds is 2. The van der Waals surface area contributed by atoms with Gasteiger partial charge in [-0.2, -0.15) is 0 Å². The van der Waals surface area contributed by atoms with Gasteiger partial charge < -0.3 is 24.4 Å². The maximum absolute atomic E-state index is 14.0. The molecule has 0 aromatic carbocycles. The van der Waals surface area contributed by atoms with E-state index in [0.29, 0.717) is 13.2 Å². The van der Waals surface area contributed by atoms with Gasteiger partial charge in [0.2, 0.25) is 11.8 Å². The fraction of sp³-hybridized carbons (Fsp3) is 0.720. The number of fused-ring (bicyclic) bond motifs is 2. The third kappa shape index (κ3) is 3.62. The van der Waals surface area contributed by atoms with Crippen LogP contribution in [0.2, 0.25) is 0 Å². The Kier molecular flexibility index (Phi) is 5.98. The highest BCUT2D eigenvalue weighted by Gasteiger charge is 2.75. The molecule has 0 aromatic rings. The molecule has 1 N–H and O–H groups in total. The van der Waals surface area contributed by atoms with E-state index in [1.165, 1.54) is 4.90 Å². The normalized spacial score (nSPS) is 38.8. The minimum Gasteiger partial charge on any atom is -0.465 e. The Labute approximate surface area is 195 Å². The molecule has 4 rings (SSSR count). The molecule has 1 spiro atoms. The molecule has 8 nitrogen and oxygen atoms in total. The Morgan fingerprint density at radius 2 is 1.85 bits per heavy atom. The van der Waals surface area contributed by atoms with Gasteiger partial charge in [-0.05, 0) is 53.9 Å². The van der Waals surface area contributed by atoms with Crippen LogP contribution in [0.1, 0.15) is 53.9 Å². The first-order valence-electron chi connectivity index (χ1n) is 11.9. The minimum absolute atomic E-state index is 0.242. The maximum atomic E-state index is 14.0. The van der Waals surface area contributed by atoms with Crippen molar-refractivity contribution >= 4 is 17.8 Å². The van der Waals surface area contributed by atoms with Crippen molar-refractivity contribution in [1.29, 1.82) is 0 Å². The summed E-state index contributed by atoms with van der Waals surface area (Å²) in [4.78, 5) is 44.5. The number of amides is 2. The number of cyclic esters (lactones) is 1. The van der Waals surface area contributed by atoms with Gasteiger partial charge in [0.15, 0.2) is 0 Å². The first-order valence-corrected chi connectivity index (χ1v) is 11.9. The molecular formula is C25H36N2O6. The molecule has 2 saturated heterocycles. The number of carbonyl (C=O) groups is 3. The topological polar surface area (TPSA) is 96.4 Å². The first-order chi connectivity index (χ1) is 15.5. The molecule has 4 aliphatic rings. The Morgan fingerprint density at radius 1 is 1.12 bits per heavy atom. The molecule has 0 saturated carbocycles. The van der Waals surface area contributed by atoms with E-state index in [4.69, 9.17) is 9.47 Å². The Morgan fingerprint density at radius 3 is 2.52 bits per heavy atom. The summed E-state index contributed by atoms with van der Waals surface area (Å²) in [6.45, 7) is 9.71. The van der Waals surface area contributed by atoms with Crippen molar-refractivity contribution in [2.45, 2.75) is 82.7 Å². The van der Waals surface area contributed by atoms with E-state index in [9.17, 15) is 19.5 Å². The second kappa shape index (κ2) is 8.24. The van der Waals surface area contributed by atoms with Crippen LogP contribution in [0.15, 0.2) is 24.3 Å². The number of allylic oxidation sites excluding steroid dienone is 1. The second-order valence-electron chi connectivity index (χ2n) is 10.9. The van der Waals surface area contributed by atoms with Gasteiger partial charge in [-0.25, -0.2) is 0 Å². The zero-order chi connectivity index (χ0) is 24.2. The molecule has 0 aromatic heterocycles. The van der Waals surface area contributed by atoms with Crippen LogP contribution in [0.3, 0.4) is 0 Å². The second-order valence-corrected chi connectivity index (χ2v) is 10.9. The molecule has 4 heterocycles. The van der Waals surface area contributed by atoms with Crippen LogP contribution >= 0.6 is 0 Å². The number of likely N-dealkylation sites (tertiary alicyclic amines) is 1. The molecule has 2 fully saturated rings. The van der Waals surface area contributed by atoms with Gasteiger partial charge in [0, 0.05) is 12.1 Å². The van der Waals surface area contributed by atoms with Gasteiger partial charge in [0.25, 0.3) is 0 Å². The quantitative estimate of drug-likeness (QED) is 0.499. The third-order valence-electron chi connectivity index (χ3n) is 7.49. The van der Waals surface area contributed by atoms with Gasteiger partial charge >= 0.3 is 5.97 Å². The van der Waals surface area contributed by atoms with E-state index < -0.39 is 46.6 Å². The van der Waals surface area contributed by atoms with Crippen molar-refractivity contribution in [3.05, 3.63) is 24.3 Å². The van der Waals surface area contributed by atoms with Gasteiger partial charge in [-0.15, -0.1) is 0 Å². The van der Waals surface area contributed by atoms with Crippen molar-refractivity contribution in [1.82, 2.24) is 9.80 Å². The number of hydrogen-bond acceptors (Lipinski definition) is 6.